The fraction of sp³-hybridized carbons (Fsp3) is 0.882. The first kappa shape index (κ1) is 18.2. The van der Waals surface area contributed by atoms with Crippen LogP contribution in [0.5, 0.6) is 0 Å². The van der Waals surface area contributed by atoms with Crippen LogP contribution in [-0.4, -0.2) is 84.9 Å². The van der Waals surface area contributed by atoms with E-state index in [1.54, 1.807) is 0 Å². The van der Waals surface area contributed by atoms with E-state index in [2.05, 4.69) is 33.9 Å². The fourth-order valence-corrected chi connectivity index (χ4v) is 3.08. The van der Waals surface area contributed by atoms with Gasteiger partial charge in [-0.25, -0.2) is 0 Å². The Morgan fingerprint density at radius 3 is 2.13 bits per heavy atom. The normalized spacial score (nSPS) is 19.8. The molecular weight excluding hydrogens is 292 g/mol. The first-order valence-corrected chi connectivity index (χ1v) is 9.00. The van der Waals surface area contributed by atoms with Gasteiger partial charge in [0.2, 0.25) is 11.8 Å². The molecule has 2 fully saturated rings. The Morgan fingerprint density at radius 2 is 1.65 bits per heavy atom. The Balaban J connectivity index is 1.72. The van der Waals surface area contributed by atoms with Crippen LogP contribution in [0.3, 0.4) is 0 Å². The number of hydrogen-bond donors (Lipinski definition) is 1. The highest BCUT2D eigenvalue weighted by atomic mass is 16.2. The molecule has 1 aliphatic carbocycles. The maximum atomic E-state index is 12.6. The maximum absolute atomic E-state index is 12.6. The van der Waals surface area contributed by atoms with Crippen molar-refractivity contribution in [2.75, 3.05) is 52.4 Å². The highest BCUT2D eigenvalue weighted by molar-refractivity contribution is 5.79. The molecule has 2 rings (SSSR count). The molecule has 0 unspecified atom stereocenters. The zero-order valence-corrected chi connectivity index (χ0v) is 14.9. The first-order chi connectivity index (χ1) is 11.0. The van der Waals surface area contributed by atoms with E-state index >= 15 is 0 Å². The van der Waals surface area contributed by atoms with Gasteiger partial charge in [0.15, 0.2) is 0 Å². The van der Waals surface area contributed by atoms with Gasteiger partial charge in [0.1, 0.15) is 0 Å². The summed E-state index contributed by atoms with van der Waals surface area (Å²) in [6, 6.07) is 0.490. The lowest BCUT2D eigenvalue weighted by Crippen LogP contribution is -2.52. The summed E-state index contributed by atoms with van der Waals surface area (Å²) in [4.78, 5) is 30.7. The van der Waals surface area contributed by atoms with Gasteiger partial charge in [-0.05, 0) is 25.7 Å². The number of carbonyl (C=O) groups excluding carboxylic acids is 2. The number of amides is 2. The molecule has 6 heteroatoms. The van der Waals surface area contributed by atoms with E-state index in [1.807, 2.05) is 6.92 Å². The molecule has 1 aliphatic heterocycles. The summed E-state index contributed by atoms with van der Waals surface area (Å²) in [7, 11) is 0. The Bertz CT molecular complexity index is 401. The Kier molecular flexibility index (Phi) is 6.84. The fourth-order valence-electron chi connectivity index (χ4n) is 3.08. The average molecular weight is 324 g/mol. The molecule has 1 saturated heterocycles. The molecule has 0 bridgehead atoms. The van der Waals surface area contributed by atoms with Crippen LogP contribution in [0.4, 0.5) is 0 Å². The highest BCUT2D eigenvalue weighted by Gasteiger charge is 2.33. The second-order valence-corrected chi connectivity index (χ2v) is 7.18. The van der Waals surface area contributed by atoms with E-state index < -0.39 is 0 Å². The van der Waals surface area contributed by atoms with Crippen molar-refractivity contribution in [1.29, 1.82) is 0 Å². The Labute approximate surface area is 140 Å². The quantitative estimate of drug-likeness (QED) is 0.702. The molecule has 132 valence electrons. The molecule has 0 spiro atoms. The second kappa shape index (κ2) is 8.64. The van der Waals surface area contributed by atoms with Gasteiger partial charge in [0, 0.05) is 45.3 Å². The monoisotopic (exact) mass is 324 g/mol. The van der Waals surface area contributed by atoms with E-state index in [1.165, 1.54) is 12.8 Å². The van der Waals surface area contributed by atoms with Crippen molar-refractivity contribution in [2.24, 2.45) is 5.92 Å². The second-order valence-electron chi connectivity index (χ2n) is 7.18. The van der Waals surface area contributed by atoms with E-state index in [9.17, 15) is 9.59 Å². The number of nitrogens with zero attached hydrogens (tertiary/aromatic N) is 3. The number of nitrogens with one attached hydrogen (secondary N) is 1. The van der Waals surface area contributed by atoms with Gasteiger partial charge in [-0.1, -0.05) is 13.8 Å². The molecule has 0 radical (unpaired) electrons. The van der Waals surface area contributed by atoms with Crippen molar-refractivity contribution >= 4 is 11.8 Å². The summed E-state index contributed by atoms with van der Waals surface area (Å²) >= 11 is 0. The van der Waals surface area contributed by atoms with Crippen LogP contribution >= 0.6 is 0 Å². The number of piperazine rings is 1. The van der Waals surface area contributed by atoms with Crippen molar-refractivity contribution in [2.45, 2.75) is 39.7 Å². The first-order valence-electron chi connectivity index (χ1n) is 9.00. The number of likely N-dealkylation sites (N-methyl/N-ethyl adjacent to an activating group) is 1. The van der Waals surface area contributed by atoms with Gasteiger partial charge >= 0.3 is 0 Å². The van der Waals surface area contributed by atoms with Gasteiger partial charge in [-0.2, -0.15) is 0 Å². The van der Waals surface area contributed by atoms with Crippen LogP contribution in [0.2, 0.25) is 0 Å². The topological polar surface area (TPSA) is 55.9 Å². The minimum absolute atomic E-state index is 0.0915. The van der Waals surface area contributed by atoms with E-state index in [-0.39, 0.29) is 11.8 Å². The molecule has 2 amide bonds. The Morgan fingerprint density at radius 1 is 1.09 bits per heavy atom. The van der Waals surface area contributed by atoms with Gasteiger partial charge in [-0.3, -0.25) is 19.4 Å². The van der Waals surface area contributed by atoms with Crippen LogP contribution in [0.15, 0.2) is 0 Å². The molecule has 1 heterocycles. The van der Waals surface area contributed by atoms with Gasteiger partial charge in [-0.15, -0.1) is 0 Å². The highest BCUT2D eigenvalue weighted by Crippen LogP contribution is 2.27. The summed E-state index contributed by atoms with van der Waals surface area (Å²) in [6.07, 6.45) is 2.33. The molecule has 1 N–H and O–H groups in total. The predicted molar refractivity (Wildman–Crippen MR) is 91.1 cm³/mol. The molecule has 23 heavy (non-hydrogen) atoms. The minimum Gasteiger partial charge on any atom is -0.355 e. The lowest BCUT2D eigenvalue weighted by atomic mass is 10.2. The maximum Gasteiger partial charge on any atom is 0.237 e. The van der Waals surface area contributed by atoms with Crippen LogP contribution in [0.1, 0.15) is 33.6 Å². The summed E-state index contributed by atoms with van der Waals surface area (Å²) in [5.74, 6) is 0.890. The zero-order valence-electron chi connectivity index (χ0n) is 14.9. The van der Waals surface area contributed by atoms with Crippen molar-refractivity contribution in [1.82, 2.24) is 20.0 Å². The van der Waals surface area contributed by atoms with E-state index in [0.717, 1.165) is 32.7 Å². The standard InChI is InChI=1S/C17H32N4O2/c1-4-18-16(22)12-19-7-9-20(10-8-19)13-17(23)21(11-14(2)3)15-5-6-15/h14-15H,4-13H2,1-3H3,(H,18,22). The number of carbonyl (C=O) groups is 2. The Hall–Kier alpha value is -1.14. The molecule has 0 aromatic heterocycles. The average Bonchev–Trinajstić information content (AvgIpc) is 3.31. The molecule has 0 atom stereocenters. The van der Waals surface area contributed by atoms with Crippen molar-refractivity contribution < 1.29 is 9.59 Å². The number of rotatable bonds is 8. The molecule has 0 aromatic carbocycles. The summed E-state index contributed by atoms with van der Waals surface area (Å²) in [5, 5.41) is 2.83. The van der Waals surface area contributed by atoms with Gasteiger partial charge in [0.25, 0.3) is 0 Å². The lowest BCUT2D eigenvalue weighted by Gasteiger charge is -2.35. The van der Waals surface area contributed by atoms with Crippen LogP contribution in [0, 0.1) is 5.92 Å². The summed E-state index contributed by atoms with van der Waals surface area (Å²) in [6.45, 7) is 12.3. The zero-order chi connectivity index (χ0) is 16.8. The summed E-state index contributed by atoms with van der Waals surface area (Å²) in [5.41, 5.74) is 0. The van der Waals surface area contributed by atoms with E-state index in [4.69, 9.17) is 0 Å². The van der Waals surface area contributed by atoms with Gasteiger partial charge < -0.3 is 10.2 Å². The SMILES string of the molecule is CCNC(=O)CN1CCN(CC(=O)N(CC(C)C)C2CC2)CC1. The third-order valence-corrected chi connectivity index (χ3v) is 4.43. The minimum atomic E-state index is 0.0915. The van der Waals surface area contributed by atoms with Crippen LogP contribution < -0.4 is 5.32 Å². The van der Waals surface area contributed by atoms with Crippen LogP contribution in [0.25, 0.3) is 0 Å². The molecule has 6 nitrogen and oxygen atoms in total. The molecule has 1 saturated carbocycles. The smallest absolute Gasteiger partial charge is 0.237 e. The third kappa shape index (κ3) is 6.11. The molecule has 0 aromatic rings. The number of hydrogen-bond acceptors (Lipinski definition) is 4. The molecule has 2 aliphatic rings. The van der Waals surface area contributed by atoms with Crippen molar-refractivity contribution in [3.05, 3.63) is 0 Å². The van der Waals surface area contributed by atoms with E-state index in [0.29, 0.717) is 31.6 Å². The predicted octanol–water partition coefficient (Wildman–Crippen LogP) is 0.387. The van der Waals surface area contributed by atoms with Gasteiger partial charge in [0.05, 0.1) is 13.1 Å². The largest absolute Gasteiger partial charge is 0.355 e. The van der Waals surface area contributed by atoms with Crippen molar-refractivity contribution in [3.63, 3.8) is 0 Å². The molecular formula is C17H32N4O2. The van der Waals surface area contributed by atoms with Crippen LogP contribution in [-0.2, 0) is 9.59 Å². The lowest BCUT2D eigenvalue weighted by molar-refractivity contribution is -0.134. The van der Waals surface area contributed by atoms with Crippen molar-refractivity contribution in [3.8, 4) is 0 Å². The third-order valence-electron chi connectivity index (χ3n) is 4.43. The summed E-state index contributed by atoms with van der Waals surface area (Å²) < 4.78 is 0.